The van der Waals surface area contributed by atoms with E-state index in [0.29, 0.717) is 5.56 Å². The Morgan fingerprint density at radius 1 is 1.14 bits per heavy atom. The van der Waals surface area contributed by atoms with Crippen molar-refractivity contribution in [3.63, 3.8) is 0 Å². The smallest absolute Gasteiger partial charge is 0.405 e. The number of para-hydroxylation sites is 1. The number of hydrogen-bond donors (Lipinski definition) is 1. The zero-order valence-electron chi connectivity index (χ0n) is 12.5. The summed E-state index contributed by atoms with van der Waals surface area (Å²) in [5.74, 6) is -0.101. The van der Waals surface area contributed by atoms with Crippen molar-refractivity contribution in [2.75, 3.05) is 7.05 Å². The number of hydrogen-bond acceptors (Lipinski definition) is 2. The van der Waals surface area contributed by atoms with Crippen molar-refractivity contribution in [3.05, 3.63) is 29.8 Å². The fourth-order valence-electron chi connectivity index (χ4n) is 3.46. The summed E-state index contributed by atoms with van der Waals surface area (Å²) in [5.41, 5.74) is 0.541. The number of rotatable bonds is 4. The highest BCUT2D eigenvalue weighted by Gasteiger charge is 2.39. The first-order valence-corrected chi connectivity index (χ1v) is 7.38. The third-order valence-electron chi connectivity index (χ3n) is 4.44. The summed E-state index contributed by atoms with van der Waals surface area (Å²) in [6.45, 7) is 2.15. The highest BCUT2D eigenvalue weighted by molar-refractivity contribution is 5.37. The number of benzene rings is 1. The molecular weight excluding hydrogens is 279 g/mol. The van der Waals surface area contributed by atoms with Crippen LogP contribution in [0.1, 0.15) is 50.6 Å². The molecule has 0 bridgehead atoms. The van der Waals surface area contributed by atoms with Gasteiger partial charge >= 0.3 is 6.36 Å². The summed E-state index contributed by atoms with van der Waals surface area (Å²) in [5, 5.41) is 3.21. The molecule has 0 aliphatic heterocycles. The lowest BCUT2D eigenvalue weighted by Gasteiger charge is -2.41. The lowest BCUT2D eigenvalue weighted by atomic mass is 9.68. The Hall–Kier alpha value is -1.23. The topological polar surface area (TPSA) is 21.3 Å². The van der Waals surface area contributed by atoms with E-state index in [-0.39, 0.29) is 17.2 Å². The monoisotopic (exact) mass is 301 g/mol. The molecule has 0 aromatic heterocycles. The normalized spacial score (nSPS) is 20.0. The van der Waals surface area contributed by atoms with Crippen LogP contribution in [-0.4, -0.2) is 13.4 Å². The van der Waals surface area contributed by atoms with Crippen molar-refractivity contribution in [1.82, 2.24) is 5.32 Å². The Bertz CT molecular complexity index is 467. The van der Waals surface area contributed by atoms with E-state index in [0.717, 1.165) is 25.7 Å². The van der Waals surface area contributed by atoms with Gasteiger partial charge in [0.1, 0.15) is 5.75 Å². The summed E-state index contributed by atoms with van der Waals surface area (Å²) in [7, 11) is 1.80. The van der Waals surface area contributed by atoms with Crippen molar-refractivity contribution in [2.45, 2.75) is 51.4 Å². The largest absolute Gasteiger partial charge is 0.573 e. The van der Waals surface area contributed by atoms with Crippen molar-refractivity contribution in [1.29, 1.82) is 0 Å². The number of ether oxygens (including phenoxy) is 1. The summed E-state index contributed by atoms with van der Waals surface area (Å²) in [6.07, 6.45) is 0.806. The maximum atomic E-state index is 12.6. The van der Waals surface area contributed by atoms with Gasteiger partial charge in [-0.05, 0) is 31.4 Å². The molecule has 1 atom stereocenters. The molecule has 1 aliphatic carbocycles. The Balaban J connectivity index is 2.33. The standard InChI is InChI=1S/C16H22F3NO/c1-15(10-6-3-7-11-15)14(20-2)12-8-4-5-9-13(12)21-16(17,18)19/h4-5,8-9,14,20H,3,6-7,10-11H2,1-2H3. The second-order valence-electron chi connectivity index (χ2n) is 6.02. The zero-order valence-corrected chi connectivity index (χ0v) is 12.5. The van der Waals surface area contributed by atoms with Gasteiger partial charge in [-0.15, -0.1) is 13.2 Å². The fraction of sp³-hybridized carbons (Fsp3) is 0.625. The first kappa shape index (κ1) is 16.1. The average Bonchev–Trinajstić information content (AvgIpc) is 2.40. The Labute approximate surface area is 123 Å². The minimum Gasteiger partial charge on any atom is -0.405 e. The molecule has 1 aromatic carbocycles. The van der Waals surface area contributed by atoms with E-state index in [9.17, 15) is 13.2 Å². The SMILES string of the molecule is CNC(c1ccccc1OC(F)(F)F)C1(C)CCCCC1. The van der Waals surface area contributed by atoms with Crippen LogP contribution in [0.2, 0.25) is 0 Å². The minimum atomic E-state index is -4.66. The molecule has 1 aromatic rings. The molecule has 1 saturated carbocycles. The van der Waals surface area contributed by atoms with Gasteiger partial charge in [-0.3, -0.25) is 0 Å². The van der Waals surface area contributed by atoms with Crippen LogP contribution in [0.3, 0.4) is 0 Å². The molecule has 5 heteroatoms. The molecule has 0 heterocycles. The lowest BCUT2D eigenvalue weighted by Crippen LogP contribution is -2.36. The van der Waals surface area contributed by atoms with E-state index in [1.54, 1.807) is 25.2 Å². The van der Waals surface area contributed by atoms with E-state index in [4.69, 9.17) is 0 Å². The maximum absolute atomic E-state index is 12.6. The van der Waals surface area contributed by atoms with Gasteiger partial charge in [0.15, 0.2) is 0 Å². The molecule has 118 valence electrons. The molecule has 21 heavy (non-hydrogen) atoms. The molecule has 1 N–H and O–H groups in total. The van der Waals surface area contributed by atoms with Gasteiger partial charge in [0.05, 0.1) is 0 Å². The number of alkyl halides is 3. The predicted octanol–water partition coefficient (Wildman–Crippen LogP) is 4.82. The first-order chi connectivity index (χ1) is 9.86. The van der Waals surface area contributed by atoms with Gasteiger partial charge in [-0.25, -0.2) is 0 Å². The van der Waals surface area contributed by atoms with Crippen molar-refractivity contribution >= 4 is 0 Å². The van der Waals surface area contributed by atoms with Crippen LogP contribution in [-0.2, 0) is 0 Å². The van der Waals surface area contributed by atoms with Crippen molar-refractivity contribution in [3.8, 4) is 5.75 Å². The van der Waals surface area contributed by atoms with Crippen LogP contribution in [0.25, 0.3) is 0 Å². The Kier molecular flexibility index (Phi) is 4.81. The third kappa shape index (κ3) is 3.90. The van der Waals surface area contributed by atoms with Gasteiger partial charge in [0, 0.05) is 11.6 Å². The number of halogens is 3. The van der Waals surface area contributed by atoms with Crippen LogP contribution in [0, 0.1) is 5.41 Å². The first-order valence-electron chi connectivity index (χ1n) is 7.38. The summed E-state index contributed by atoms with van der Waals surface area (Å²) in [6, 6.07) is 6.30. The fourth-order valence-corrected chi connectivity index (χ4v) is 3.46. The molecule has 0 radical (unpaired) electrons. The summed E-state index contributed by atoms with van der Waals surface area (Å²) >= 11 is 0. The predicted molar refractivity (Wildman–Crippen MR) is 76.1 cm³/mol. The number of nitrogens with one attached hydrogen (secondary N) is 1. The summed E-state index contributed by atoms with van der Waals surface area (Å²) < 4.78 is 42.0. The molecule has 2 nitrogen and oxygen atoms in total. The lowest BCUT2D eigenvalue weighted by molar-refractivity contribution is -0.275. The molecular formula is C16H22F3NO. The molecule has 0 saturated heterocycles. The molecule has 0 spiro atoms. The minimum absolute atomic E-state index is 0.0436. The van der Waals surface area contributed by atoms with Gasteiger partial charge < -0.3 is 10.1 Å². The van der Waals surface area contributed by atoms with Gasteiger partial charge in [0.2, 0.25) is 0 Å². The van der Waals surface area contributed by atoms with Crippen molar-refractivity contribution in [2.24, 2.45) is 5.41 Å². The highest BCUT2D eigenvalue weighted by atomic mass is 19.4. The van der Waals surface area contributed by atoms with Gasteiger partial charge in [-0.2, -0.15) is 0 Å². The van der Waals surface area contributed by atoms with Crippen LogP contribution in [0.15, 0.2) is 24.3 Å². The average molecular weight is 301 g/mol. The Morgan fingerprint density at radius 2 is 1.76 bits per heavy atom. The zero-order chi connectivity index (χ0) is 15.5. The van der Waals surface area contributed by atoms with E-state index in [1.165, 1.54) is 12.5 Å². The molecule has 1 unspecified atom stereocenters. The molecule has 0 amide bonds. The quantitative estimate of drug-likeness (QED) is 0.861. The van der Waals surface area contributed by atoms with Crippen molar-refractivity contribution < 1.29 is 17.9 Å². The van der Waals surface area contributed by atoms with Crippen LogP contribution < -0.4 is 10.1 Å². The molecule has 1 aliphatic rings. The molecule has 1 fully saturated rings. The van der Waals surface area contributed by atoms with E-state index < -0.39 is 6.36 Å². The van der Waals surface area contributed by atoms with E-state index in [1.807, 2.05) is 0 Å². The third-order valence-corrected chi connectivity index (χ3v) is 4.44. The van der Waals surface area contributed by atoms with Crippen LogP contribution in [0.5, 0.6) is 5.75 Å². The highest BCUT2D eigenvalue weighted by Crippen LogP contribution is 2.47. The Morgan fingerprint density at radius 3 is 2.33 bits per heavy atom. The van der Waals surface area contributed by atoms with E-state index in [2.05, 4.69) is 17.0 Å². The maximum Gasteiger partial charge on any atom is 0.573 e. The van der Waals surface area contributed by atoms with Gasteiger partial charge in [0.25, 0.3) is 0 Å². The van der Waals surface area contributed by atoms with Crippen LogP contribution >= 0.6 is 0 Å². The molecule has 2 rings (SSSR count). The second-order valence-corrected chi connectivity index (χ2v) is 6.02. The second kappa shape index (κ2) is 6.26. The van der Waals surface area contributed by atoms with Crippen LogP contribution in [0.4, 0.5) is 13.2 Å². The van der Waals surface area contributed by atoms with Gasteiger partial charge in [-0.1, -0.05) is 44.4 Å². The van der Waals surface area contributed by atoms with E-state index >= 15 is 0 Å². The summed E-state index contributed by atoms with van der Waals surface area (Å²) in [4.78, 5) is 0.